The van der Waals surface area contributed by atoms with Gasteiger partial charge in [0.25, 0.3) is 0 Å². The Bertz CT molecular complexity index is 1670. The van der Waals surface area contributed by atoms with Crippen molar-refractivity contribution < 1.29 is 19.1 Å². The van der Waals surface area contributed by atoms with E-state index in [1.54, 1.807) is 36.5 Å². The third-order valence-corrected chi connectivity index (χ3v) is 7.13. The quantitative estimate of drug-likeness (QED) is 0.205. The second-order valence-corrected chi connectivity index (χ2v) is 9.85. The fraction of sp³-hybridized carbons (Fsp3) is 0.0938. The number of carboxylic acid groups (broad SMARTS) is 1. The summed E-state index contributed by atoms with van der Waals surface area (Å²) in [7, 11) is 0. The highest BCUT2D eigenvalue weighted by atomic mass is 32.1. The molecule has 2 atom stereocenters. The number of aromatic carboxylic acids is 1. The zero-order valence-electron chi connectivity index (χ0n) is 21.5. The van der Waals surface area contributed by atoms with Gasteiger partial charge in [-0.1, -0.05) is 42.0 Å². The number of hydrogen-bond acceptors (Lipinski definition) is 5. The number of pyridine rings is 1. The fourth-order valence-electron chi connectivity index (χ4n) is 4.88. The summed E-state index contributed by atoms with van der Waals surface area (Å²) in [5.41, 5.74) is 3.50. The topological polar surface area (TPSA) is 87.8 Å². The van der Waals surface area contributed by atoms with E-state index in [1.165, 1.54) is 5.56 Å². The van der Waals surface area contributed by atoms with E-state index in [0.717, 1.165) is 17.1 Å². The molecular weight excluding hydrogens is 522 g/mol. The lowest BCUT2D eigenvalue weighted by molar-refractivity contribution is 0.0697. The van der Waals surface area contributed by atoms with Crippen molar-refractivity contribution in [2.24, 2.45) is 0 Å². The number of thiocarbonyl (C=S) groups is 1. The van der Waals surface area contributed by atoms with Gasteiger partial charge in [-0.15, -0.1) is 0 Å². The van der Waals surface area contributed by atoms with E-state index in [-0.39, 0.29) is 17.6 Å². The van der Waals surface area contributed by atoms with Crippen LogP contribution in [0.1, 0.15) is 39.5 Å². The third kappa shape index (κ3) is 4.92. The normalized spacial score (nSPS) is 16.5. The SMILES string of the molecule is Cc1ccc(Oc2ccc(N3C(=S)N[C@@H](c4ccccn4)[C@@H]3c3ccc(-c4ccccc4C(=O)O)o3)cc2)cc1. The number of aromatic nitrogens is 1. The molecule has 1 saturated heterocycles. The van der Waals surface area contributed by atoms with Gasteiger partial charge in [-0.2, -0.15) is 0 Å². The third-order valence-electron chi connectivity index (χ3n) is 6.81. The second-order valence-electron chi connectivity index (χ2n) is 9.46. The summed E-state index contributed by atoms with van der Waals surface area (Å²) < 4.78 is 12.4. The molecule has 7 nitrogen and oxygen atoms in total. The molecule has 0 spiro atoms. The first-order valence-electron chi connectivity index (χ1n) is 12.8. The molecule has 0 saturated carbocycles. The van der Waals surface area contributed by atoms with E-state index in [9.17, 15) is 9.90 Å². The highest BCUT2D eigenvalue weighted by molar-refractivity contribution is 7.80. The summed E-state index contributed by atoms with van der Waals surface area (Å²) in [6.07, 6.45) is 1.74. The van der Waals surface area contributed by atoms with Gasteiger partial charge >= 0.3 is 5.97 Å². The Morgan fingerprint density at radius 2 is 1.62 bits per heavy atom. The van der Waals surface area contributed by atoms with Crippen LogP contribution in [0.5, 0.6) is 11.5 Å². The molecule has 0 amide bonds. The molecule has 0 radical (unpaired) electrons. The lowest BCUT2D eigenvalue weighted by Gasteiger charge is -2.26. The van der Waals surface area contributed by atoms with Crippen molar-refractivity contribution >= 4 is 29.0 Å². The monoisotopic (exact) mass is 547 g/mol. The van der Waals surface area contributed by atoms with Crippen LogP contribution >= 0.6 is 12.2 Å². The molecule has 0 unspecified atom stereocenters. The standard InChI is InChI=1S/C32H25N3O4S/c1-20-9-13-22(14-10-20)38-23-15-11-21(12-16-23)35-30(29(34-32(35)40)26-8-4-5-19-33-26)28-18-17-27(39-28)24-6-2-3-7-25(24)31(36)37/h2-19,29-30H,1H3,(H,34,40)(H,36,37)/t29-,30-/m0/s1. The molecule has 2 N–H and O–H groups in total. The average molecular weight is 548 g/mol. The number of benzene rings is 3. The number of carboxylic acids is 1. The van der Waals surface area contributed by atoms with E-state index in [1.807, 2.05) is 84.6 Å². The number of nitrogens with zero attached hydrogens (tertiary/aromatic N) is 2. The Morgan fingerprint density at radius 3 is 2.33 bits per heavy atom. The van der Waals surface area contributed by atoms with Crippen LogP contribution in [0.4, 0.5) is 5.69 Å². The largest absolute Gasteiger partial charge is 0.478 e. The summed E-state index contributed by atoms with van der Waals surface area (Å²) in [5, 5.41) is 13.6. The average Bonchev–Trinajstić information content (AvgIpc) is 3.60. The number of rotatable bonds is 7. The maximum absolute atomic E-state index is 11.8. The predicted octanol–water partition coefficient (Wildman–Crippen LogP) is 7.32. The van der Waals surface area contributed by atoms with Crippen molar-refractivity contribution in [3.05, 3.63) is 132 Å². The van der Waals surface area contributed by atoms with Gasteiger partial charge in [-0.05, 0) is 85.9 Å². The number of aryl methyl sites for hydroxylation is 1. The van der Waals surface area contributed by atoms with E-state index < -0.39 is 5.97 Å². The summed E-state index contributed by atoms with van der Waals surface area (Å²) >= 11 is 5.82. The highest BCUT2D eigenvalue weighted by Gasteiger charge is 2.42. The van der Waals surface area contributed by atoms with Crippen molar-refractivity contribution in [3.63, 3.8) is 0 Å². The number of nitrogens with one attached hydrogen (secondary N) is 1. The van der Waals surface area contributed by atoms with Gasteiger partial charge in [0, 0.05) is 17.4 Å². The molecule has 0 bridgehead atoms. The van der Waals surface area contributed by atoms with Crippen molar-refractivity contribution in [2.75, 3.05) is 4.90 Å². The van der Waals surface area contributed by atoms with E-state index in [0.29, 0.717) is 27.9 Å². The fourth-order valence-corrected chi connectivity index (χ4v) is 5.23. The lowest BCUT2D eigenvalue weighted by Crippen LogP contribution is -2.29. The van der Waals surface area contributed by atoms with E-state index >= 15 is 0 Å². The molecule has 1 fully saturated rings. The first-order chi connectivity index (χ1) is 19.5. The minimum Gasteiger partial charge on any atom is -0.478 e. The Hall–Kier alpha value is -4.95. The second kappa shape index (κ2) is 10.7. The van der Waals surface area contributed by atoms with Gasteiger partial charge in [0.05, 0.1) is 17.3 Å². The van der Waals surface area contributed by atoms with Crippen LogP contribution in [-0.2, 0) is 0 Å². The number of ether oxygens (including phenoxy) is 1. The van der Waals surface area contributed by atoms with Crippen LogP contribution in [0.2, 0.25) is 0 Å². The van der Waals surface area contributed by atoms with Gasteiger partial charge in [-0.25, -0.2) is 4.79 Å². The molecule has 2 aromatic heterocycles. The van der Waals surface area contributed by atoms with Gasteiger partial charge in [0.2, 0.25) is 0 Å². The highest BCUT2D eigenvalue weighted by Crippen LogP contribution is 2.43. The predicted molar refractivity (Wildman–Crippen MR) is 157 cm³/mol. The Morgan fingerprint density at radius 1 is 0.925 bits per heavy atom. The van der Waals surface area contributed by atoms with Crippen LogP contribution in [0.15, 0.2) is 114 Å². The number of anilines is 1. The number of furan rings is 1. The lowest BCUT2D eigenvalue weighted by atomic mass is 10.0. The summed E-state index contributed by atoms with van der Waals surface area (Å²) in [5.74, 6) is 1.53. The smallest absolute Gasteiger partial charge is 0.336 e. The number of carbonyl (C=O) groups is 1. The van der Waals surface area contributed by atoms with Gasteiger partial charge in [-0.3, -0.25) is 4.98 Å². The first kappa shape index (κ1) is 25.3. The van der Waals surface area contributed by atoms with E-state index in [2.05, 4.69) is 10.3 Å². The molecule has 8 heteroatoms. The van der Waals surface area contributed by atoms with Crippen molar-refractivity contribution in [1.82, 2.24) is 10.3 Å². The molecule has 5 aromatic rings. The minimum absolute atomic E-state index is 0.172. The molecule has 3 heterocycles. The van der Waals surface area contributed by atoms with Gasteiger partial charge in [0.1, 0.15) is 29.1 Å². The van der Waals surface area contributed by atoms with Crippen molar-refractivity contribution in [1.29, 1.82) is 0 Å². The van der Waals surface area contributed by atoms with Crippen molar-refractivity contribution in [2.45, 2.75) is 19.0 Å². The molecule has 1 aliphatic rings. The van der Waals surface area contributed by atoms with Crippen LogP contribution in [0, 0.1) is 6.92 Å². The Labute approximate surface area is 236 Å². The molecule has 6 rings (SSSR count). The van der Waals surface area contributed by atoms with Crippen molar-refractivity contribution in [3.8, 4) is 22.8 Å². The van der Waals surface area contributed by atoms with Gasteiger partial charge in [0.15, 0.2) is 5.11 Å². The molecule has 3 aromatic carbocycles. The number of hydrogen-bond donors (Lipinski definition) is 2. The maximum atomic E-state index is 11.8. The van der Waals surface area contributed by atoms with Crippen LogP contribution in [0.3, 0.4) is 0 Å². The maximum Gasteiger partial charge on any atom is 0.336 e. The van der Waals surface area contributed by atoms with E-state index in [4.69, 9.17) is 21.4 Å². The van der Waals surface area contributed by atoms with Gasteiger partial charge < -0.3 is 24.5 Å². The van der Waals surface area contributed by atoms with Crippen LogP contribution in [-0.4, -0.2) is 21.2 Å². The molecule has 1 aliphatic heterocycles. The first-order valence-corrected chi connectivity index (χ1v) is 13.2. The summed E-state index contributed by atoms with van der Waals surface area (Å²) in [6.45, 7) is 2.03. The zero-order chi connectivity index (χ0) is 27.6. The molecule has 40 heavy (non-hydrogen) atoms. The minimum atomic E-state index is -1.02. The Kier molecular flexibility index (Phi) is 6.76. The molecular formula is C32H25N3O4S. The summed E-state index contributed by atoms with van der Waals surface area (Å²) in [4.78, 5) is 18.4. The van der Waals surface area contributed by atoms with Crippen LogP contribution < -0.4 is 15.0 Å². The molecule has 0 aliphatic carbocycles. The summed E-state index contributed by atoms with van der Waals surface area (Å²) in [6, 6.07) is 31.1. The molecule has 198 valence electrons. The van der Waals surface area contributed by atoms with Crippen LogP contribution in [0.25, 0.3) is 11.3 Å². The zero-order valence-corrected chi connectivity index (χ0v) is 22.3. The Balaban J connectivity index is 1.36.